The van der Waals surface area contributed by atoms with Gasteiger partial charge in [-0.2, -0.15) is 0 Å². The van der Waals surface area contributed by atoms with Crippen LogP contribution in [0.1, 0.15) is 0 Å². The summed E-state index contributed by atoms with van der Waals surface area (Å²) < 4.78 is 0. The zero-order valence-corrected chi connectivity index (χ0v) is 15.2. The minimum atomic E-state index is 0.699. The van der Waals surface area contributed by atoms with Crippen LogP contribution in [0.2, 0.25) is 10.0 Å². The minimum Gasteiger partial charge on any atom is -0.264 e. The van der Waals surface area contributed by atoms with Crippen molar-refractivity contribution in [3.05, 3.63) is 95.2 Å². The van der Waals surface area contributed by atoms with Crippen molar-refractivity contribution >= 4 is 23.2 Å². The van der Waals surface area contributed by atoms with Gasteiger partial charge in [-0.1, -0.05) is 53.5 Å². The van der Waals surface area contributed by atoms with Crippen molar-refractivity contribution in [3.63, 3.8) is 0 Å². The first-order valence-corrected chi connectivity index (χ1v) is 8.89. The second kappa shape index (κ2) is 7.28. The summed E-state index contributed by atoms with van der Waals surface area (Å²) in [5, 5.41) is 1.41. The topological polar surface area (TPSA) is 25.8 Å². The molecule has 0 aliphatic carbocycles. The SMILES string of the molecule is Clc1ccc(-c2ccc(-c3cccnc3)nc2-c2ccc(Cl)cc2)cc1. The maximum atomic E-state index is 6.06. The standard InChI is InChI=1S/C22H14Cl2N2/c23-18-7-3-15(4-8-18)20-11-12-21(17-2-1-13-25-14-17)26-22(20)16-5-9-19(24)10-6-16/h1-14H. The molecule has 2 heterocycles. The van der Waals surface area contributed by atoms with E-state index in [1.54, 1.807) is 6.20 Å². The Morgan fingerprint density at radius 1 is 0.615 bits per heavy atom. The number of pyridine rings is 2. The molecule has 2 aromatic heterocycles. The predicted molar refractivity (Wildman–Crippen MR) is 108 cm³/mol. The van der Waals surface area contributed by atoms with Crippen molar-refractivity contribution in [3.8, 4) is 33.6 Å². The van der Waals surface area contributed by atoms with E-state index in [4.69, 9.17) is 28.2 Å². The molecule has 0 saturated carbocycles. The Balaban J connectivity index is 1.90. The van der Waals surface area contributed by atoms with E-state index in [-0.39, 0.29) is 0 Å². The van der Waals surface area contributed by atoms with E-state index >= 15 is 0 Å². The molecule has 0 aliphatic heterocycles. The van der Waals surface area contributed by atoms with Gasteiger partial charge in [0.15, 0.2) is 0 Å². The van der Waals surface area contributed by atoms with Gasteiger partial charge in [-0.15, -0.1) is 0 Å². The summed E-state index contributed by atoms with van der Waals surface area (Å²) in [5.41, 5.74) is 5.85. The van der Waals surface area contributed by atoms with Crippen LogP contribution >= 0.6 is 23.2 Å². The van der Waals surface area contributed by atoms with E-state index < -0.39 is 0 Å². The van der Waals surface area contributed by atoms with E-state index in [0.717, 1.165) is 33.6 Å². The monoisotopic (exact) mass is 376 g/mol. The Bertz CT molecular complexity index is 1030. The first-order valence-electron chi connectivity index (χ1n) is 8.14. The molecule has 4 aromatic rings. The fraction of sp³-hybridized carbons (Fsp3) is 0. The van der Waals surface area contributed by atoms with Crippen LogP contribution in [0.25, 0.3) is 33.6 Å². The Labute approximate surface area is 162 Å². The molecular formula is C22H14Cl2N2. The van der Waals surface area contributed by atoms with Crippen LogP contribution in [0.3, 0.4) is 0 Å². The van der Waals surface area contributed by atoms with Crippen LogP contribution in [0.15, 0.2) is 85.2 Å². The van der Waals surface area contributed by atoms with E-state index in [1.807, 2.05) is 72.9 Å². The predicted octanol–water partition coefficient (Wildman–Crippen LogP) is 6.78. The first-order chi connectivity index (χ1) is 12.7. The molecule has 0 saturated heterocycles. The van der Waals surface area contributed by atoms with Gasteiger partial charge in [-0.3, -0.25) is 4.98 Å². The molecule has 26 heavy (non-hydrogen) atoms. The van der Waals surface area contributed by atoms with Crippen molar-refractivity contribution in [2.75, 3.05) is 0 Å². The molecule has 0 fully saturated rings. The number of rotatable bonds is 3. The average molecular weight is 377 g/mol. The van der Waals surface area contributed by atoms with Crippen LogP contribution in [0.4, 0.5) is 0 Å². The van der Waals surface area contributed by atoms with Crippen molar-refractivity contribution in [2.24, 2.45) is 0 Å². The number of hydrogen-bond acceptors (Lipinski definition) is 2. The van der Waals surface area contributed by atoms with E-state index in [0.29, 0.717) is 10.0 Å². The number of benzene rings is 2. The quantitative estimate of drug-likeness (QED) is 0.393. The number of halogens is 2. The fourth-order valence-corrected chi connectivity index (χ4v) is 3.08. The molecule has 4 heteroatoms. The first kappa shape index (κ1) is 16.8. The summed E-state index contributed by atoms with van der Waals surface area (Å²) >= 11 is 12.1. The summed E-state index contributed by atoms with van der Waals surface area (Å²) in [5.74, 6) is 0. The highest BCUT2D eigenvalue weighted by Gasteiger charge is 2.12. The van der Waals surface area contributed by atoms with E-state index in [2.05, 4.69) is 11.1 Å². The van der Waals surface area contributed by atoms with Crippen molar-refractivity contribution in [1.29, 1.82) is 0 Å². The van der Waals surface area contributed by atoms with Crippen LogP contribution in [0, 0.1) is 0 Å². The Morgan fingerprint density at radius 2 is 1.27 bits per heavy atom. The zero-order valence-electron chi connectivity index (χ0n) is 13.7. The molecule has 0 aliphatic rings. The van der Waals surface area contributed by atoms with Gasteiger partial charge in [0.05, 0.1) is 11.4 Å². The highest BCUT2D eigenvalue weighted by atomic mass is 35.5. The zero-order chi connectivity index (χ0) is 17.9. The lowest BCUT2D eigenvalue weighted by molar-refractivity contribution is 1.28. The molecule has 2 aromatic carbocycles. The van der Waals surface area contributed by atoms with E-state index in [9.17, 15) is 0 Å². The summed E-state index contributed by atoms with van der Waals surface area (Å²) in [6, 6.07) is 23.5. The van der Waals surface area contributed by atoms with Gasteiger partial charge in [0, 0.05) is 39.1 Å². The lowest BCUT2D eigenvalue weighted by Gasteiger charge is -2.12. The minimum absolute atomic E-state index is 0.699. The molecule has 126 valence electrons. The smallest absolute Gasteiger partial charge is 0.0787 e. The average Bonchev–Trinajstić information content (AvgIpc) is 2.70. The largest absolute Gasteiger partial charge is 0.264 e. The maximum absolute atomic E-state index is 6.06. The number of aromatic nitrogens is 2. The second-order valence-electron chi connectivity index (χ2n) is 5.85. The Kier molecular flexibility index (Phi) is 4.70. The van der Waals surface area contributed by atoms with E-state index in [1.165, 1.54) is 0 Å². The van der Waals surface area contributed by atoms with Crippen LogP contribution in [-0.4, -0.2) is 9.97 Å². The molecule has 0 amide bonds. The molecule has 0 radical (unpaired) electrons. The highest BCUT2D eigenvalue weighted by molar-refractivity contribution is 6.31. The molecular weight excluding hydrogens is 363 g/mol. The molecule has 0 spiro atoms. The molecule has 0 bridgehead atoms. The Hall–Kier alpha value is -2.68. The Morgan fingerprint density at radius 3 is 1.88 bits per heavy atom. The fourth-order valence-electron chi connectivity index (χ4n) is 2.82. The van der Waals surface area contributed by atoms with Gasteiger partial charge in [-0.25, -0.2) is 4.98 Å². The van der Waals surface area contributed by atoms with Gasteiger partial charge in [0.2, 0.25) is 0 Å². The molecule has 0 unspecified atom stereocenters. The third-order valence-electron chi connectivity index (χ3n) is 4.13. The van der Waals surface area contributed by atoms with Gasteiger partial charge in [0.1, 0.15) is 0 Å². The van der Waals surface area contributed by atoms with Crippen molar-refractivity contribution in [2.45, 2.75) is 0 Å². The van der Waals surface area contributed by atoms with Gasteiger partial charge < -0.3 is 0 Å². The van der Waals surface area contributed by atoms with Gasteiger partial charge in [-0.05, 0) is 48.0 Å². The normalized spacial score (nSPS) is 10.7. The maximum Gasteiger partial charge on any atom is 0.0787 e. The third kappa shape index (κ3) is 3.48. The lowest BCUT2D eigenvalue weighted by atomic mass is 9.98. The van der Waals surface area contributed by atoms with Gasteiger partial charge in [0.25, 0.3) is 0 Å². The molecule has 2 nitrogen and oxygen atoms in total. The van der Waals surface area contributed by atoms with Crippen molar-refractivity contribution in [1.82, 2.24) is 9.97 Å². The number of hydrogen-bond donors (Lipinski definition) is 0. The van der Waals surface area contributed by atoms with Crippen LogP contribution in [0.5, 0.6) is 0 Å². The lowest BCUT2D eigenvalue weighted by Crippen LogP contribution is -1.93. The second-order valence-corrected chi connectivity index (χ2v) is 6.72. The molecule has 0 atom stereocenters. The highest BCUT2D eigenvalue weighted by Crippen LogP contribution is 2.34. The number of nitrogens with zero attached hydrogens (tertiary/aromatic N) is 2. The van der Waals surface area contributed by atoms with Crippen LogP contribution in [-0.2, 0) is 0 Å². The molecule has 0 N–H and O–H groups in total. The van der Waals surface area contributed by atoms with Crippen molar-refractivity contribution < 1.29 is 0 Å². The summed E-state index contributed by atoms with van der Waals surface area (Å²) in [4.78, 5) is 9.12. The summed E-state index contributed by atoms with van der Waals surface area (Å²) in [6.45, 7) is 0. The van der Waals surface area contributed by atoms with Crippen LogP contribution < -0.4 is 0 Å². The molecule has 4 rings (SSSR count). The third-order valence-corrected chi connectivity index (χ3v) is 4.63. The summed E-state index contributed by atoms with van der Waals surface area (Å²) in [6.07, 6.45) is 3.57. The van der Waals surface area contributed by atoms with Gasteiger partial charge >= 0.3 is 0 Å². The summed E-state index contributed by atoms with van der Waals surface area (Å²) in [7, 11) is 0.